The molecule has 2 N–H and O–H groups in total. The largest absolute Gasteiger partial charge is 0.371 e. The van der Waals surface area contributed by atoms with Crippen molar-refractivity contribution in [2.24, 2.45) is 0 Å². The summed E-state index contributed by atoms with van der Waals surface area (Å²) in [6.45, 7) is 5.89. The van der Waals surface area contributed by atoms with Crippen molar-refractivity contribution in [3.8, 4) is 0 Å². The molecule has 0 saturated carbocycles. The molecule has 2 atom stereocenters. The molecule has 1 aliphatic rings. The molecule has 1 aliphatic heterocycles. The maximum absolute atomic E-state index is 12.9. The summed E-state index contributed by atoms with van der Waals surface area (Å²) < 4.78 is 0. The Balaban J connectivity index is 1.83. The van der Waals surface area contributed by atoms with Crippen molar-refractivity contribution in [3.05, 3.63) is 59.7 Å². The van der Waals surface area contributed by atoms with E-state index < -0.39 is 5.38 Å². The lowest BCUT2D eigenvalue weighted by Crippen LogP contribution is -2.33. The molecular weight excluding hydrogens is 386 g/mol. The second-order valence-corrected chi connectivity index (χ2v) is 7.91. The Hall–Kier alpha value is -2.53. The lowest BCUT2D eigenvalue weighted by Gasteiger charge is -2.23. The molecule has 0 aromatic heterocycles. The summed E-state index contributed by atoms with van der Waals surface area (Å²) in [7, 11) is 0. The number of hydrogen-bond donors (Lipinski definition) is 2. The predicted molar refractivity (Wildman–Crippen MR) is 119 cm³/mol. The number of anilines is 2. The van der Waals surface area contributed by atoms with Gasteiger partial charge in [-0.2, -0.15) is 0 Å². The summed E-state index contributed by atoms with van der Waals surface area (Å²) >= 11 is 6.33. The third-order valence-electron chi connectivity index (χ3n) is 5.27. The van der Waals surface area contributed by atoms with Gasteiger partial charge in [0.25, 0.3) is 5.91 Å². The number of alkyl halides is 1. The van der Waals surface area contributed by atoms with Crippen molar-refractivity contribution in [1.82, 2.24) is 5.32 Å². The fraction of sp³-hybridized carbons (Fsp3) is 0.391. The number of carbonyl (C=O) groups excluding carboxylic acids is 2. The van der Waals surface area contributed by atoms with Gasteiger partial charge < -0.3 is 15.5 Å². The third-order valence-corrected chi connectivity index (χ3v) is 5.72. The third kappa shape index (κ3) is 5.30. The van der Waals surface area contributed by atoms with E-state index in [0.29, 0.717) is 11.3 Å². The van der Waals surface area contributed by atoms with Crippen molar-refractivity contribution in [3.63, 3.8) is 0 Å². The van der Waals surface area contributed by atoms with E-state index in [1.807, 2.05) is 56.3 Å². The molecule has 1 saturated heterocycles. The fourth-order valence-electron chi connectivity index (χ4n) is 3.41. The van der Waals surface area contributed by atoms with Crippen LogP contribution in [0.15, 0.2) is 48.5 Å². The Morgan fingerprint density at radius 2 is 1.79 bits per heavy atom. The van der Waals surface area contributed by atoms with Gasteiger partial charge in [0.2, 0.25) is 5.91 Å². The molecule has 0 unspecified atom stereocenters. The molecule has 5 nitrogen and oxygen atoms in total. The van der Waals surface area contributed by atoms with Gasteiger partial charge in [0.1, 0.15) is 5.38 Å². The number of halogens is 1. The lowest BCUT2D eigenvalue weighted by atomic mass is 10.1. The van der Waals surface area contributed by atoms with Gasteiger partial charge in [0.05, 0.1) is 5.56 Å². The Morgan fingerprint density at radius 1 is 1.10 bits per heavy atom. The Bertz CT molecular complexity index is 850. The SMILES string of the molecule is CC[C@@H](C)NC(=O)c1cc(NC(=O)[C@@H](Cl)c2ccccc2)ccc1N1CCCC1. The summed E-state index contributed by atoms with van der Waals surface area (Å²) in [6.07, 6.45) is 3.10. The standard InChI is InChI=1S/C23H28ClN3O2/c1-3-16(2)25-22(28)19-15-18(11-12-20(19)27-13-7-8-14-27)26-23(29)21(24)17-9-5-4-6-10-17/h4-6,9-12,15-16,21H,3,7-8,13-14H2,1-2H3,(H,25,28)(H,26,29)/t16-,21+/m1/s1. The molecular formula is C23H28ClN3O2. The number of rotatable bonds is 7. The van der Waals surface area contributed by atoms with Crippen molar-refractivity contribution in [2.75, 3.05) is 23.3 Å². The average molecular weight is 414 g/mol. The van der Waals surface area contributed by atoms with Gasteiger partial charge in [-0.05, 0) is 49.9 Å². The van der Waals surface area contributed by atoms with E-state index >= 15 is 0 Å². The molecule has 6 heteroatoms. The molecule has 2 aromatic carbocycles. The van der Waals surface area contributed by atoms with Gasteiger partial charge in [-0.1, -0.05) is 37.3 Å². The number of carbonyl (C=O) groups is 2. The first kappa shape index (κ1) is 21.2. The molecule has 0 aliphatic carbocycles. The average Bonchev–Trinajstić information content (AvgIpc) is 3.28. The van der Waals surface area contributed by atoms with Crippen LogP contribution in [0.3, 0.4) is 0 Å². The quantitative estimate of drug-likeness (QED) is 0.645. The smallest absolute Gasteiger partial charge is 0.253 e. The van der Waals surface area contributed by atoms with Gasteiger partial charge in [0, 0.05) is 30.5 Å². The van der Waals surface area contributed by atoms with E-state index in [-0.39, 0.29) is 17.9 Å². The molecule has 0 bridgehead atoms. The Kier molecular flexibility index (Phi) is 7.15. The minimum atomic E-state index is -0.799. The van der Waals surface area contributed by atoms with Crippen LogP contribution in [0.5, 0.6) is 0 Å². The molecule has 1 fully saturated rings. The first-order valence-electron chi connectivity index (χ1n) is 10.2. The van der Waals surface area contributed by atoms with Gasteiger partial charge in [-0.25, -0.2) is 0 Å². The summed E-state index contributed by atoms with van der Waals surface area (Å²) in [6, 6.07) is 14.8. The topological polar surface area (TPSA) is 61.4 Å². The molecule has 3 rings (SSSR count). The van der Waals surface area contributed by atoms with Crippen molar-refractivity contribution >= 4 is 34.8 Å². The van der Waals surface area contributed by atoms with Crippen LogP contribution in [0.25, 0.3) is 0 Å². The van der Waals surface area contributed by atoms with Crippen LogP contribution in [0.2, 0.25) is 0 Å². The van der Waals surface area contributed by atoms with Crippen LogP contribution >= 0.6 is 11.6 Å². The highest BCUT2D eigenvalue weighted by Crippen LogP contribution is 2.29. The number of amides is 2. The van der Waals surface area contributed by atoms with Crippen LogP contribution in [-0.2, 0) is 4.79 Å². The second kappa shape index (κ2) is 9.79. The molecule has 154 valence electrons. The first-order chi connectivity index (χ1) is 14.0. The van der Waals surface area contributed by atoms with E-state index in [4.69, 9.17) is 11.6 Å². The van der Waals surface area contributed by atoms with E-state index in [1.165, 1.54) is 0 Å². The number of nitrogens with one attached hydrogen (secondary N) is 2. The van der Waals surface area contributed by atoms with E-state index in [0.717, 1.165) is 43.6 Å². The highest BCUT2D eigenvalue weighted by atomic mass is 35.5. The second-order valence-electron chi connectivity index (χ2n) is 7.47. The highest BCUT2D eigenvalue weighted by molar-refractivity contribution is 6.32. The molecule has 0 radical (unpaired) electrons. The normalized spacial score (nSPS) is 15.6. The predicted octanol–water partition coefficient (Wildman–Crippen LogP) is 4.73. The van der Waals surface area contributed by atoms with Crippen LogP contribution in [0.4, 0.5) is 11.4 Å². The van der Waals surface area contributed by atoms with Crippen LogP contribution < -0.4 is 15.5 Å². The van der Waals surface area contributed by atoms with Gasteiger partial charge in [-0.15, -0.1) is 11.6 Å². The van der Waals surface area contributed by atoms with Crippen LogP contribution in [-0.4, -0.2) is 30.9 Å². The zero-order chi connectivity index (χ0) is 20.8. The summed E-state index contributed by atoms with van der Waals surface area (Å²) in [5, 5.41) is 5.09. The number of nitrogens with zero attached hydrogens (tertiary/aromatic N) is 1. The minimum absolute atomic E-state index is 0.0810. The molecule has 2 aromatic rings. The Morgan fingerprint density at radius 3 is 2.45 bits per heavy atom. The summed E-state index contributed by atoms with van der Waals surface area (Å²) in [4.78, 5) is 27.7. The van der Waals surface area contributed by atoms with Crippen LogP contribution in [0, 0.1) is 0 Å². The number of hydrogen-bond acceptors (Lipinski definition) is 3. The Labute approximate surface area is 177 Å². The molecule has 1 heterocycles. The summed E-state index contributed by atoms with van der Waals surface area (Å²) in [5.74, 6) is -0.442. The van der Waals surface area contributed by atoms with Crippen molar-refractivity contribution in [2.45, 2.75) is 44.5 Å². The maximum Gasteiger partial charge on any atom is 0.253 e. The monoisotopic (exact) mass is 413 g/mol. The first-order valence-corrected chi connectivity index (χ1v) is 10.6. The summed E-state index contributed by atoms with van der Waals surface area (Å²) in [5.41, 5.74) is 2.78. The molecule has 0 spiro atoms. The highest BCUT2D eigenvalue weighted by Gasteiger charge is 2.22. The zero-order valence-corrected chi connectivity index (χ0v) is 17.7. The molecule has 2 amide bonds. The molecule has 29 heavy (non-hydrogen) atoms. The lowest BCUT2D eigenvalue weighted by molar-refractivity contribution is -0.116. The zero-order valence-electron chi connectivity index (χ0n) is 17.0. The van der Waals surface area contributed by atoms with Crippen molar-refractivity contribution in [1.29, 1.82) is 0 Å². The van der Waals surface area contributed by atoms with Gasteiger partial charge >= 0.3 is 0 Å². The number of benzene rings is 2. The van der Waals surface area contributed by atoms with E-state index in [1.54, 1.807) is 6.07 Å². The van der Waals surface area contributed by atoms with Crippen molar-refractivity contribution < 1.29 is 9.59 Å². The van der Waals surface area contributed by atoms with E-state index in [2.05, 4.69) is 15.5 Å². The fourth-order valence-corrected chi connectivity index (χ4v) is 3.61. The minimum Gasteiger partial charge on any atom is -0.371 e. The van der Waals surface area contributed by atoms with Crippen LogP contribution in [0.1, 0.15) is 54.4 Å². The van der Waals surface area contributed by atoms with Gasteiger partial charge in [-0.3, -0.25) is 9.59 Å². The van der Waals surface area contributed by atoms with E-state index in [9.17, 15) is 9.59 Å². The maximum atomic E-state index is 12.9. The van der Waals surface area contributed by atoms with Gasteiger partial charge in [0.15, 0.2) is 0 Å².